The summed E-state index contributed by atoms with van der Waals surface area (Å²) in [5, 5.41) is 56.4. The number of carbonyl (C=O) groups is 11. The number of aliphatic carboxylic acids is 3. The Hall–Kier alpha value is -8.41. The summed E-state index contributed by atoms with van der Waals surface area (Å²) in [4.78, 5) is 160. The standard InChI is InChI=1S/C53H83N15O15/c1-5-29(4)43(50(80)66-37(22-28(2)3)46(76)64-39(24-31-26-58-27-60-31)47(77)63-36(52(82)83)17-18-41(70)71)67-48(78)38(23-30-13-15-32(69)16-14-30)65-49(79)40-12-9-21-68(40)51(81)35(11-8-20-59-53(56)57)62-45(75)34(10-6-7-19-54)61-44(74)33(55)25-42(72)73/h13-16,26-29,33-40,43,69H,5-12,17-25,54-55H2,1-4H3,(H,58,60)(H,61,74)(H,62,75)(H,63,77)(H,64,76)(H,65,79)(H,66,80)(H,67,78)(H,70,71)(H,72,73)(H,82,83)(H4,56,57,59)/t29?,33-,34-,35-,36-,37-,38-,39-,40-,43-/m0/s1. The van der Waals surface area contributed by atoms with Crippen molar-refractivity contribution in [1.29, 1.82) is 0 Å². The lowest BCUT2D eigenvalue weighted by atomic mass is 9.95. The van der Waals surface area contributed by atoms with Crippen LogP contribution in [-0.2, 0) is 65.6 Å². The van der Waals surface area contributed by atoms with E-state index in [2.05, 4.69) is 52.2 Å². The zero-order valence-electron chi connectivity index (χ0n) is 47.3. The first-order valence-electron chi connectivity index (χ1n) is 27.6. The molecule has 1 aliphatic rings. The molecule has 0 saturated carbocycles. The molecule has 83 heavy (non-hydrogen) atoms. The van der Waals surface area contributed by atoms with E-state index in [9.17, 15) is 68.1 Å². The maximum atomic E-state index is 14.7. The zero-order chi connectivity index (χ0) is 61.9. The normalized spacial score (nSPS) is 16.2. The van der Waals surface area contributed by atoms with E-state index in [0.717, 1.165) is 0 Å². The van der Waals surface area contributed by atoms with Gasteiger partial charge in [0, 0.05) is 44.2 Å². The van der Waals surface area contributed by atoms with Gasteiger partial charge in [0.05, 0.1) is 18.8 Å². The number of nitrogens with two attached hydrogens (primary N) is 4. The Morgan fingerprint density at radius 3 is 1.89 bits per heavy atom. The maximum absolute atomic E-state index is 14.7. The number of carboxylic acids is 3. The minimum Gasteiger partial charge on any atom is -0.508 e. The van der Waals surface area contributed by atoms with Crippen LogP contribution in [0.1, 0.15) is 116 Å². The lowest BCUT2D eigenvalue weighted by molar-refractivity contribution is -0.143. The Bertz CT molecular complexity index is 2550. The molecule has 1 aromatic heterocycles. The highest BCUT2D eigenvalue weighted by Crippen LogP contribution is 2.22. The van der Waals surface area contributed by atoms with Crippen LogP contribution in [0.5, 0.6) is 5.75 Å². The number of guanidine groups is 1. The van der Waals surface area contributed by atoms with Crippen molar-refractivity contribution in [2.75, 3.05) is 19.6 Å². The summed E-state index contributed by atoms with van der Waals surface area (Å²) in [6, 6.07) is -6.75. The van der Waals surface area contributed by atoms with E-state index >= 15 is 0 Å². The molecule has 1 aliphatic heterocycles. The van der Waals surface area contributed by atoms with Gasteiger partial charge in [-0.15, -0.1) is 0 Å². The molecule has 8 amide bonds. The van der Waals surface area contributed by atoms with Gasteiger partial charge in [-0.2, -0.15) is 0 Å². The fraction of sp³-hybridized carbons (Fsp3) is 0.604. The summed E-state index contributed by atoms with van der Waals surface area (Å²) in [5.41, 5.74) is 23.3. The average Bonchev–Trinajstić information content (AvgIpc) is 4.33. The largest absolute Gasteiger partial charge is 0.508 e. The molecule has 2 heterocycles. The van der Waals surface area contributed by atoms with Crippen LogP contribution in [0.25, 0.3) is 0 Å². The summed E-state index contributed by atoms with van der Waals surface area (Å²) in [7, 11) is 0. The fourth-order valence-electron chi connectivity index (χ4n) is 9.02. The molecule has 10 atom stereocenters. The number of aromatic amines is 1. The van der Waals surface area contributed by atoms with Crippen molar-refractivity contribution in [2.45, 2.75) is 172 Å². The molecule has 1 fully saturated rings. The highest BCUT2D eigenvalue weighted by molar-refractivity contribution is 5.98. The van der Waals surface area contributed by atoms with Crippen molar-refractivity contribution >= 4 is 71.1 Å². The molecule has 0 radical (unpaired) electrons. The van der Waals surface area contributed by atoms with Gasteiger partial charge >= 0.3 is 17.9 Å². The smallest absolute Gasteiger partial charge is 0.326 e. The number of carboxylic acid groups (broad SMARTS) is 3. The van der Waals surface area contributed by atoms with Crippen LogP contribution in [0.3, 0.4) is 0 Å². The van der Waals surface area contributed by atoms with E-state index in [4.69, 9.17) is 28.0 Å². The topological polar surface area (TPSA) is 501 Å². The molecule has 0 spiro atoms. The van der Waals surface area contributed by atoms with E-state index in [1.807, 2.05) is 0 Å². The van der Waals surface area contributed by atoms with Crippen LogP contribution >= 0.6 is 0 Å². The van der Waals surface area contributed by atoms with Crippen molar-refractivity contribution in [2.24, 2.45) is 39.8 Å². The summed E-state index contributed by atoms with van der Waals surface area (Å²) in [5.74, 6) is -12.0. The predicted molar refractivity (Wildman–Crippen MR) is 299 cm³/mol. The first-order chi connectivity index (χ1) is 39.2. The number of unbranched alkanes of at least 4 members (excludes halogenated alkanes) is 1. The molecule has 460 valence electrons. The van der Waals surface area contributed by atoms with E-state index in [1.165, 1.54) is 41.7 Å². The molecule has 2 aromatic rings. The summed E-state index contributed by atoms with van der Waals surface area (Å²) in [6.45, 7) is 7.30. The Labute approximate surface area is 480 Å². The molecule has 1 saturated heterocycles. The minimum absolute atomic E-state index is 0.0136. The Morgan fingerprint density at radius 2 is 1.30 bits per heavy atom. The van der Waals surface area contributed by atoms with Crippen LogP contribution in [0, 0.1) is 11.8 Å². The number of nitrogens with one attached hydrogen (secondary N) is 8. The quantitative estimate of drug-likeness (QED) is 0.0186. The second-order valence-corrected chi connectivity index (χ2v) is 20.9. The lowest BCUT2D eigenvalue weighted by Gasteiger charge is -2.32. The molecular weight excluding hydrogens is 1090 g/mol. The number of aromatic hydroxyl groups is 1. The number of hydrogen-bond acceptors (Lipinski definition) is 16. The number of phenolic OH excluding ortho intramolecular Hbond substituents is 1. The number of hydrogen-bond donors (Lipinski definition) is 16. The number of imidazole rings is 1. The van der Waals surface area contributed by atoms with Gasteiger partial charge in [-0.05, 0) is 93.9 Å². The van der Waals surface area contributed by atoms with Crippen LogP contribution < -0.4 is 60.2 Å². The number of amides is 8. The number of phenols is 1. The molecule has 30 nitrogen and oxygen atoms in total. The Morgan fingerprint density at radius 1 is 0.711 bits per heavy atom. The first kappa shape index (κ1) is 68.9. The monoisotopic (exact) mass is 1170 g/mol. The van der Waals surface area contributed by atoms with Crippen molar-refractivity contribution in [1.82, 2.24) is 52.1 Å². The second-order valence-electron chi connectivity index (χ2n) is 20.9. The zero-order valence-corrected chi connectivity index (χ0v) is 47.3. The second kappa shape index (κ2) is 34.8. The third-order valence-corrected chi connectivity index (χ3v) is 13.7. The number of rotatable bonds is 37. The lowest BCUT2D eigenvalue weighted by Crippen LogP contribution is -2.61. The van der Waals surface area contributed by atoms with Gasteiger partial charge < -0.3 is 90.5 Å². The van der Waals surface area contributed by atoms with Crippen molar-refractivity contribution in [3.05, 3.63) is 48.0 Å². The number of carbonyl (C=O) groups excluding carboxylic acids is 8. The SMILES string of the molecule is CCC(C)[C@H](NC(=O)[C@H](Cc1ccc(O)cc1)NC(=O)[C@@H]1CCCN1C(=O)[C@H](CCCN=C(N)N)NC(=O)[C@H](CCCCN)NC(=O)[C@@H](N)CC(=O)O)C(=O)N[C@@H](CC(C)C)C(=O)N[C@@H](Cc1cnc[nH]1)C(=O)N[C@@H](CCC(=O)O)C(=O)O. The number of H-pyrrole nitrogens is 1. The van der Waals surface area contributed by atoms with Crippen molar-refractivity contribution in [3.63, 3.8) is 0 Å². The summed E-state index contributed by atoms with van der Waals surface area (Å²) >= 11 is 0. The van der Waals surface area contributed by atoms with Crippen LogP contribution in [-0.4, -0.2) is 180 Å². The average molecular weight is 1170 g/mol. The molecule has 0 bridgehead atoms. The van der Waals surface area contributed by atoms with Gasteiger partial charge in [0.2, 0.25) is 47.3 Å². The van der Waals surface area contributed by atoms with Gasteiger partial charge in [-0.1, -0.05) is 46.2 Å². The van der Waals surface area contributed by atoms with Crippen LogP contribution in [0.4, 0.5) is 0 Å². The third kappa shape index (κ3) is 23.9. The van der Waals surface area contributed by atoms with E-state index in [-0.39, 0.29) is 82.2 Å². The van der Waals surface area contributed by atoms with Gasteiger partial charge in [0.1, 0.15) is 54.1 Å². The molecule has 30 heteroatoms. The molecule has 3 rings (SSSR count). The van der Waals surface area contributed by atoms with Crippen molar-refractivity contribution < 1.29 is 73.2 Å². The van der Waals surface area contributed by atoms with Crippen LogP contribution in [0.2, 0.25) is 0 Å². The highest BCUT2D eigenvalue weighted by Gasteiger charge is 2.41. The minimum atomic E-state index is -1.63. The molecule has 1 aromatic carbocycles. The van der Waals surface area contributed by atoms with Gasteiger partial charge in [-0.3, -0.25) is 52.9 Å². The van der Waals surface area contributed by atoms with E-state index < -0.39 is 145 Å². The van der Waals surface area contributed by atoms with Crippen molar-refractivity contribution in [3.8, 4) is 5.75 Å². The highest BCUT2D eigenvalue weighted by atomic mass is 16.4. The van der Waals surface area contributed by atoms with Gasteiger partial charge in [0.15, 0.2) is 5.96 Å². The molecule has 1 unspecified atom stereocenters. The molecule has 0 aliphatic carbocycles. The summed E-state index contributed by atoms with van der Waals surface area (Å²) < 4.78 is 0. The van der Waals surface area contributed by atoms with E-state index in [1.54, 1.807) is 27.7 Å². The fourth-order valence-corrected chi connectivity index (χ4v) is 9.02. The van der Waals surface area contributed by atoms with E-state index in [0.29, 0.717) is 36.9 Å². The molecular formula is C53H83N15O15. The number of nitrogens with zero attached hydrogens (tertiary/aromatic N) is 3. The molecule has 20 N–H and O–H groups in total. The Balaban J connectivity index is 1.96. The Kier molecular flexibility index (Phi) is 28.9. The summed E-state index contributed by atoms with van der Waals surface area (Å²) in [6.07, 6.45) is 2.24. The van der Waals surface area contributed by atoms with Gasteiger partial charge in [-0.25, -0.2) is 9.78 Å². The maximum Gasteiger partial charge on any atom is 0.326 e. The first-order valence-corrected chi connectivity index (χ1v) is 27.6. The third-order valence-electron chi connectivity index (χ3n) is 13.7. The van der Waals surface area contributed by atoms with Gasteiger partial charge in [0.25, 0.3) is 0 Å². The number of aliphatic imine (C=N–C) groups is 1. The van der Waals surface area contributed by atoms with Crippen LogP contribution in [0.15, 0.2) is 41.8 Å². The predicted octanol–water partition coefficient (Wildman–Crippen LogP) is -2.69. The number of likely N-dealkylation sites (tertiary alicyclic amines) is 1. The number of aromatic nitrogens is 2. The number of benzene rings is 1.